The summed E-state index contributed by atoms with van der Waals surface area (Å²) in [6.07, 6.45) is 6.56. The monoisotopic (exact) mass is 300 g/mol. The van der Waals surface area contributed by atoms with Gasteiger partial charge in [0.2, 0.25) is 0 Å². The number of hydrogen-bond acceptors (Lipinski definition) is 5. The van der Waals surface area contributed by atoms with E-state index >= 15 is 0 Å². The summed E-state index contributed by atoms with van der Waals surface area (Å²) < 4.78 is 0. The lowest BCUT2D eigenvalue weighted by molar-refractivity contribution is 0.0717. The topological polar surface area (TPSA) is 82.7 Å². The maximum atomic E-state index is 11.6. The maximum Gasteiger partial charge on any atom is 0.139 e. The van der Waals surface area contributed by atoms with Crippen molar-refractivity contribution in [3.05, 3.63) is 77.9 Å². The van der Waals surface area contributed by atoms with E-state index in [-0.39, 0.29) is 0 Å². The molecular formula is C18H12N4O. The summed E-state index contributed by atoms with van der Waals surface area (Å²) in [6, 6.07) is 12.9. The quantitative estimate of drug-likeness (QED) is 0.785. The van der Waals surface area contributed by atoms with Crippen LogP contribution in [0, 0.1) is 11.3 Å². The first kappa shape index (κ1) is 13.6. The fourth-order valence-corrected chi connectivity index (χ4v) is 3.22. The molecule has 5 heteroatoms. The molecule has 0 saturated heterocycles. The smallest absolute Gasteiger partial charge is 0.139 e. The highest BCUT2D eigenvalue weighted by Gasteiger charge is 2.49. The van der Waals surface area contributed by atoms with Crippen LogP contribution in [0.15, 0.2) is 61.2 Å². The largest absolute Gasteiger partial charge is 0.378 e. The van der Waals surface area contributed by atoms with E-state index in [9.17, 15) is 10.4 Å². The van der Waals surface area contributed by atoms with Gasteiger partial charge in [0.1, 0.15) is 11.5 Å². The lowest BCUT2D eigenvalue weighted by Crippen LogP contribution is -2.32. The molecule has 3 aromatic rings. The summed E-state index contributed by atoms with van der Waals surface area (Å²) in [4.78, 5) is 12.7. The normalized spacial score (nSPS) is 15.3. The molecule has 1 aliphatic rings. The van der Waals surface area contributed by atoms with Crippen molar-refractivity contribution in [2.24, 2.45) is 0 Å². The third kappa shape index (κ3) is 1.79. The van der Waals surface area contributed by atoms with Crippen LogP contribution in [0.5, 0.6) is 0 Å². The molecule has 1 atom stereocenters. The minimum absolute atomic E-state index is 0.608. The van der Waals surface area contributed by atoms with Gasteiger partial charge in [0, 0.05) is 35.9 Å². The Morgan fingerprint density at radius 2 is 1.48 bits per heavy atom. The van der Waals surface area contributed by atoms with Crippen LogP contribution in [0.1, 0.15) is 22.6 Å². The van der Waals surface area contributed by atoms with Crippen LogP contribution in [0.4, 0.5) is 0 Å². The second-order valence-corrected chi connectivity index (χ2v) is 5.41. The first-order valence-corrected chi connectivity index (χ1v) is 7.20. The minimum Gasteiger partial charge on any atom is -0.378 e. The number of nitrogens with zero attached hydrogens (tertiary/aromatic N) is 4. The average molecular weight is 300 g/mol. The van der Waals surface area contributed by atoms with Crippen molar-refractivity contribution in [1.29, 1.82) is 5.26 Å². The summed E-state index contributed by atoms with van der Waals surface area (Å²) in [6.45, 7) is 0. The predicted octanol–water partition coefficient (Wildman–Crippen LogP) is 2.40. The van der Waals surface area contributed by atoms with Crippen molar-refractivity contribution < 1.29 is 5.11 Å². The van der Waals surface area contributed by atoms with E-state index in [1.807, 2.05) is 0 Å². The lowest BCUT2D eigenvalue weighted by atomic mass is 9.77. The Labute approximate surface area is 132 Å². The summed E-state index contributed by atoms with van der Waals surface area (Å²) in [5, 5.41) is 21.4. The van der Waals surface area contributed by atoms with E-state index in [1.165, 1.54) is 0 Å². The fraction of sp³-hybridized carbons (Fsp3) is 0.111. The highest BCUT2D eigenvalue weighted by molar-refractivity contribution is 5.75. The first-order chi connectivity index (χ1) is 11.3. The number of pyridine rings is 3. The van der Waals surface area contributed by atoms with Crippen molar-refractivity contribution >= 4 is 0 Å². The van der Waals surface area contributed by atoms with Gasteiger partial charge in [-0.15, -0.1) is 0 Å². The van der Waals surface area contributed by atoms with E-state index in [1.54, 1.807) is 61.2 Å². The van der Waals surface area contributed by atoms with Gasteiger partial charge >= 0.3 is 0 Å². The van der Waals surface area contributed by atoms with Crippen molar-refractivity contribution in [2.45, 2.75) is 11.5 Å². The number of aromatic nitrogens is 3. The van der Waals surface area contributed by atoms with Gasteiger partial charge in [0.05, 0.1) is 17.5 Å². The number of hydrogen-bond donors (Lipinski definition) is 1. The van der Waals surface area contributed by atoms with Crippen LogP contribution >= 0.6 is 0 Å². The molecule has 0 radical (unpaired) electrons. The Bertz CT molecular complexity index is 872. The van der Waals surface area contributed by atoms with E-state index in [0.29, 0.717) is 28.1 Å². The molecule has 0 fully saturated rings. The third-order valence-electron chi connectivity index (χ3n) is 4.25. The van der Waals surface area contributed by atoms with Gasteiger partial charge in [0.15, 0.2) is 0 Å². The molecule has 1 unspecified atom stereocenters. The van der Waals surface area contributed by atoms with E-state index < -0.39 is 11.5 Å². The standard InChI is InChI=1S/C18H12N4O/c19-11-15(12-5-9-20-10-6-12)18(23)13-3-1-7-21-16(13)17-14(18)4-2-8-22-17/h1-10,15,23H. The second-order valence-electron chi connectivity index (χ2n) is 5.41. The van der Waals surface area contributed by atoms with Crippen LogP contribution < -0.4 is 0 Å². The SMILES string of the molecule is N#CC(c1ccncc1)C1(O)c2cccnc2-c2ncccc21. The summed E-state index contributed by atoms with van der Waals surface area (Å²) >= 11 is 0. The lowest BCUT2D eigenvalue weighted by Gasteiger charge is -2.30. The summed E-state index contributed by atoms with van der Waals surface area (Å²) in [5.41, 5.74) is 1.69. The van der Waals surface area contributed by atoms with Crippen molar-refractivity contribution in [3.8, 4) is 17.5 Å². The zero-order valence-electron chi connectivity index (χ0n) is 12.1. The zero-order valence-corrected chi connectivity index (χ0v) is 12.1. The van der Waals surface area contributed by atoms with E-state index in [0.717, 1.165) is 0 Å². The number of nitriles is 1. The van der Waals surface area contributed by atoms with Crippen molar-refractivity contribution in [1.82, 2.24) is 15.0 Å². The van der Waals surface area contributed by atoms with Gasteiger partial charge in [-0.3, -0.25) is 15.0 Å². The Morgan fingerprint density at radius 3 is 2.00 bits per heavy atom. The van der Waals surface area contributed by atoms with Crippen LogP contribution in [-0.4, -0.2) is 20.1 Å². The summed E-state index contributed by atoms with van der Waals surface area (Å²) in [7, 11) is 0. The molecule has 0 amide bonds. The van der Waals surface area contributed by atoms with Gasteiger partial charge in [0.25, 0.3) is 0 Å². The molecule has 23 heavy (non-hydrogen) atoms. The fourth-order valence-electron chi connectivity index (χ4n) is 3.22. The Hall–Kier alpha value is -3.10. The van der Waals surface area contributed by atoms with Gasteiger partial charge in [-0.05, 0) is 29.8 Å². The predicted molar refractivity (Wildman–Crippen MR) is 83.1 cm³/mol. The molecule has 4 rings (SSSR count). The van der Waals surface area contributed by atoms with E-state index in [2.05, 4.69) is 21.0 Å². The second kappa shape index (κ2) is 4.97. The molecule has 3 heterocycles. The van der Waals surface area contributed by atoms with Crippen LogP contribution in [0.25, 0.3) is 11.4 Å². The molecule has 110 valence electrons. The molecule has 5 nitrogen and oxygen atoms in total. The van der Waals surface area contributed by atoms with Crippen LogP contribution in [-0.2, 0) is 5.60 Å². The molecule has 0 aliphatic heterocycles. The summed E-state index contributed by atoms with van der Waals surface area (Å²) in [5.74, 6) is -0.779. The molecule has 0 bridgehead atoms. The molecular weight excluding hydrogens is 288 g/mol. The molecule has 3 aromatic heterocycles. The Morgan fingerprint density at radius 1 is 0.913 bits per heavy atom. The van der Waals surface area contributed by atoms with Gasteiger partial charge in [-0.2, -0.15) is 5.26 Å². The molecule has 0 spiro atoms. The van der Waals surface area contributed by atoms with Crippen molar-refractivity contribution in [3.63, 3.8) is 0 Å². The zero-order chi connectivity index (χ0) is 15.9. The molecule has 0 aromatic carbocycles. The van der Waals surface area contributed by atoms with Gasteiger partial charge in [-0.1, -0.05) is 12.1 Å². The third-order valence-corrected chi connectivity index (χ3v) is 4.25. The minimum atomic E-state index is -1.48. The highest BCUT2D eigenvalue weighted by atomic mass is 16.3. The van der Waals surface area contributed by atoms with Crippen LogP contribution in [0.2, 0.25) is 0 Å². The van der Waals surface area contributed by atoms with Gasteiger partial charge < -0.3 is 5.11 Å². The molecule has 0 saturated carbocycles. The van der Waals surface area contributed by atoms with Gasteiger partial charge in [-0.25, -0.2) is 0 Å². The number of fused-ring (bicyclic) bond motifs is 3. The average Bonchev–Trinajstić information content (AvgIpc) is 2.87. The molecule has 1 aliphatic carbocycles. The first-order valence-electron chi connectivity index (χ1n) is 7.20. The van der Waals surface area contributed by atoms with Crippen molar-refractivity contribution in [2.75, 3.05) is 0 Å². The number of aliphatic hydroxyl groups is 1. The Kier molecular flexibility index (Phi) is 2.93. The van der Waals surface area contributed by atoms with Crippen LogP contribution in [0.3, 0.4) is 0 Å². The highest BCUT2D eigenvalue weighted by Crippen LogP contribution is 2.51. The molecule has 1 N–H and O–H groups in total. The maximum absolute atomic E-state index is 11.6. The number of rotatable bonds is 2. The van der Waals surface area contributed by atoms with E-state index in [4.69, 9.17) is 0 Å². The Balaban J connectivity index is 2.02.